The third kappa shape index (κ3) is 3.79. The predicted molar refractivity (Wildman–Crippen MR) is 89.3 cm³/mol. The quantitative estimate of drug-likeness (QED) is 0.905. The Bertz CT molecular complexity index is 766. The fourth-order valence-corrected chi connectivity index (χ4v) is 2.93. The molecular weight excluding hydrogens is 314 g/mol. The molecule has 23 heavy (non-hydrogen) atoms. The second kappa shape index (κ2) is 6.54. The Morgan fingerprint density at radius 3 is 2.35 bits per heavy atom. The van der Waals surface area contributed by atoms with E-state index < -0.39 is 14.6 Å². The number of benzene rings is 1. The van der Waals surface area contributed by atoms with Gasteiger partial charge in [0.2, 0.25) is 9.84 Å². The highest BCUT2D eigenvalue weighted by Gasteiger charge is 2.32. The molecular formula is C16H21N3O3S. The summed E-state index contributed by atoms with van der Waals surface area (Å²) in [5.41, 5.74) is 0.975. The van der Waals surface area contributed by atoms with E-state index in [1.165, 1.54) is 6.07 Å². The molecule has 2 aromatic rings. The van der Waals surface area contributed by atoms with Gasteiger partial charge >= 0.3 is 0 Å². The Kier molecular flexibility index (Phi) is 4.89. The first kappa shape index (κ1) is 17.2. The molecule has 0 bridgehead atoms. The Hall–Kier alpha value is -2.15. The highest BCUT2D eigenvalue weighted by Crippen LogP contribution is 2.23. The van der Waals surface area contributed by atoms with Gasteiger partial charge in [-0.1, -0.05) is 18.2 Å². The largest absolute Gasteiger partial charge is 0.496 e. The van der Waals surface area contributed by atoms with E-state index in [0.717, 1.165) is 11.3 Å². The molecule has 1 aromatic carbocycles. The van der Waals surface area contributed by atoms with E-state index in [2.05, 4.69) is 15.5 Å². The number of methoxy groups -OCH3 is 1. The maximum Gasteiger partial charge on any atom is 0.202 e. The fraction of sp³-hybridized carbons (Fsp3) is 0.375. The molecule has 0 aliphatic heterocycles. The molecule has 0 spiro atoms. The number of sulfone groups is 1. The summed E-state index contributed by atoms with van der Waals surface area (Å²) in [6.07, 6.45) is 0. The molecule has 0 atom stereocenters. The number of nitrogens with one attached hydrogen (secondary N) is 1. The van der Waals surface area contributed by atoms with Crippen molar-refractivity contribution in [1.82, 2.24) is 10.2 Å². The van der Waals surface area contributed by atoms with Crippen molar-refractivity contribution in [2.45, 2.75) is 37.1 Å². The summed E-state index contributed by atoms with van der Waals surface area (Å²) in [6, 6.07) is 10.7. The van der Waals surface area contributed by atoms with Gasteiger partial charge in [0, 0.05) is 12.1 Å². The average Bonchev–Trinajstić information content (AvgIpc) is 2.52. The van der Waals surface area contributed by atoms with E-state index in [9.17, 15) is 8.42 Å². The van der Waals surface area contributed by atoms with Crippen molar-refractivity contribution in [3.8, 4) is 5.75 Å². The highest BCUT2D eigenvalue weighted by atomic mass is 32.2. The van der Waals surface area contributed by atoms with Crippen molar-refractivity contribution in [3.63, 3.8) is 0 Å². The first-order valence-corrected chi connectivity index (χ1v) is 8.68. The zero-order valence-corrected chi connectivity index (χ0v) is 14.5. The zero-order chi connectivity index (χ0) is 17.1. The summed E-state index contributed by atoms with van der Waals surface area (Å²) in [4.78, 5) is 0. The molecule has 0 aliphatic carbocycles. The number of hydrogen-bond acceptors (Lipinski definition) is 6. The third-order valence-electron chi connectivity index (χ3n) is 3.37. The molecule has 2 rings (SSSR count). The van der Waals surface area contributed by atoms with Gasteiger partial charge in [-0.05, 0) is 39.0 Å². The van der Waals surface area contributed by atoms with Crippen LogP contribution in [-0.2, 0) is 16.4 Å². The Balaban J connectivity index is 2.12. The van der Waals surface area contributed by atoms with Gasteiger partial charge in [-0.15, -0.1) is 10.2 Å². The Labute approximate surface area is 136 Å². The van der Waals surface area contributed by atoms with E-state index in [1.807, 2.05) is 24.3 Å². The van der Waals surface area contributed by atoms with Crippen LogP contribution in [0.2, 0.25) is 0 Å². The highest BCUT2D eigenvalue weighted by molar-refractivity contribution is 7.92. The minimum absolute atomic E-state index is 0.0205. The fourth-order valence-electron chi connectivity index (χ4n) is 1.91. The van der Waals surface area contributed by atoms with Gasteiger partial charge in [-0.2, -0.15) is 0 Å². The van der Waals surface area contributed by atoms with Crippen LogP contribution in [0.3, 0.4) is 0 Å². The molecule has 0 unspecified atom stereocenters. The molecule has 0 saturated heterocycles. The van der Waals surface area contributed by atoms with Crippen LogP contribution >= 0.6 is 0 Å². The van der Waals surface area contributed by atoms with Crippen LogP contribution in [0, 0.1) is 0 Å². The van der Waals surface area contributed by atoms with Crippen LogP contribution in [-0.4, -0.2) is 30.5 Å². The molecule has 124 valence electrons. The summed E-state index contributed by atoms with van der Waals surface area (Å²) in [6.45, 7) is 5.41. The summed E-state index contributed by atoms with van der Waals surface area (Å²) >= 11 is 0. The molecule has 1 heterocycles. The maximum absolute atomic E-state index is 12.3. The molecule has 6 nitrogen and oxygen atoms in total. The van der Waals surface area contributed by atoms with Crippen molar-refractivity contribution in [2.24, 2.45) is 0 Å². The summed E-state index contributed by atoms with van der Waals surface area (Å²) in [5.74, 6) is 1.28. The van der Waals surface area contributed by atoms with E-state index in [4.69, 9.17) is 4.74 Å². The van der Waals surface area contributed by atoms with E-state index in [1.54, 1.807) is 33.9 Å². The number of nitrogens with zero attached hydrogens (tertiary/aromatic N) is 2. The van der Waals surface area contributed by atoms with Gasteiger partial charge in [-0.3, -0.25) is 0 Å². The van der Waals surface area contributed by atoms with Gasteiger partial charge in [-0.25, -0.2) is 8.42 Å². The smallest absolute Gasteiger partial charge is 0.202 e. The van der Waals surface area contributed by atoms with Gasteiger partial charge in [0.25, 0.3) is 0 Å². The molecule has 1 aromatic heterocycles. The van der Waals surface area contributed by atoms with Crippen LogP contribution in [0.1, 0.15) is 26.3 Å². The SMILES string of the molecule is COc1ccccc1CNc1ccc(S(=O)(=O)C(C)(C)C)nn1. The standard InChI is InChI=1S/C16H21N3O3S/c1-16(2,3)23(20,21)15-10-9-14(18-19-15)17-11-12-7-5-6-8-13(12)22-4/h5-10H,11H2,1-4H3,(H,17,18). The first-order chi connectivity index (χ1) is 10.8. The first-order valence-electron chi connectivity index (χ1n) is 7.20. The van der Waals surface area contributed by atoms with E-state index >= 15 is 0 Å². The van der Waals surface area contributed by atoms with Crippen LogP contribution in [0.25, 0.3) is 0 Å². The van der Waals surface area contributed by atoms with Gasteiger partial charge in [0.05, 0.1) is 11.9 Å². The number of ether oxygens (including phenoxy) is 1. The summed E-state index contributed by atoms with van der Waals surface area (Å²) in [7, 11) is -1.88. The van der Waals surface area contributed by atoms with E-state index in [0.29, 0.717) is 12.4 Å². The lowest BCUT2D eigenvalue weighted by molar-refractivity contribution is 0.410. The second-order valence-corrected chi connectivity index (χ2v) is 8.69. The minimum atomic E-state index is -3.49. The van der Waals surface area contributed by atoms with Gasteiger partial charge in [0.1, 0.15) is 11.6 Å². The third-order valence-corrected chi connectivity index (χ3v) is 5.75. The maximum atomic E-state index is 12.3. The number of anilines is 1. The van der Waals surface area contributed by atoms with Crippen LogP contribution in [0.15, 0.2) is 41.4 Å². The minimum Gasteiger partial charge on any atom is -0.496 e. The van der Waals surface area contributed by atoms with Gasteiger partial charge < -0.3 is 10.1 Å². The van der Waals surface area contributed by atoms with Crippen LogP contribution in [0.4, 0.5) is 5.82 Å². The molecule has 0 aliphatic rings. The lowest BCUT2D eigenvalue weighted by Crippen LogP contribution is -2.28. The normalized spacial score (nSPS) is 12.0. The number of para-hydroxylation sites is 1. The van der Waals surface area contributed by atoms with Crippen molar-refractivity contribution < 1.29 is 13.2 Å². The molecule has 0 radical (unpaired) electrons. The summed E-state index contributed by atoms with van der Waals surface area (Å²) in [5, 5.41) is 10.9. The molecule has 1 N–H and O–H groups in total. The monoisotopic (exact) mass is 335 g/mol. The van der Waals surface area contributed by atoms with Gasteiger partial charge in [0.15, 0.2) is 5.03 Å². The molecule has 7 heteroatoms. The summed E-state index contributed by atoms with van der Waals surface area (Å²) < 4.78 is 28.9. The molecule has 0 amide bonds. The topological polar surface area (TPSA) is 81.2 Å². The van der Waals surface area contributed by atoms with Crippen LogP contribution in [0.5, 0.6) is 5.75 Å². The predicted octanol–water partition coefficient (Wildman–Crippen LogP) is 2.67. The Morgan fingerprint density at radius 2 is 1.78 bits per heavy atom. The van der Waals surface area contributed by atoms with E-state index in [-0.39, 0.29) is 5.03 Å². The number of hydrogen-bond donors (Lipinski definition) is 1. The van der Waals surface area contributed by atoms with Crippen molar-refractivity contribution >= 4 is 15.7 Å². The number of rotatable bonds is 5. The van der Waals surface area contributed by atoms with Crippen molar-refractivity contribution in [2.75, 3.05) is 12.4 Å². The number of aromatic nitrogens is 2. The Morgan fingerprint density at radius 1 is 1.09 bits per heavy atom. The molecule has 0 fully saturated rings. The van der Waals surface area contributed by atoms with Crippen molar-refractivity contribution in [3.05, 3.63) is 42.0 Å². The lowest BCUT2D eigenvalue weighted by Gasteiger charge is -2.18. The van der Waals surface area contributed by atoms with Crippen molar-refractivity contribution in [1.29, 1.82) is 0 Å². The van der Waals surface area contributed by atoms with Crippen LogP contribution < -0.4 is 10.1 Å². The second-order valence-electron chi connectivity index (χ2n) is 6.04. The lowest BCUT2D eigenvalue weighted by atomic mass is 10.2. The molecule has 0 saturated carbocycles. The average molecular weight is 335 g/mol. The zero-order valence-electron chi connectivity index (χ0n) is 13.7.